The first-order valence-corrected chi connectivity index (χ1v) is 5.57. The first kappa shape index (κ1) is 10.3. The van der Waals surface area contributed by atoms with E-state index >= 15 is 0 Å². The molecule has 2 rings (SSSR count). The Morgan fingerprint density at radius 1 is 1.60 bits per heavy atom. The van der Waals surface area contributed by atoms with Crippen molar-refractivity contribution in [1.82, 2.24) is 19.4 Å². The summed E-state index contributed by atoms with van der Waals surface area (Å²) in [6.07, 6.45) is 1.77. The Hall–Kier alpha value is -1.27. The molecule has 0 radical (unpaired) electrons. The summed E-state index contributed by atoms with van der Waals surface area (Å²) in [4.78, 5) is 1.00. The van der Waals surface area contributed by atoms with Gasteiger partial charge in [-0.15, -0.1) is 5.10 Å². The van der Waals surface area contributed by atoms with E-state index in [0.29, 0.717) is 0 Å². The molecule has 6 heteroatoms. The van der Waals surface area contributed by atoms with Crippen LogP contribution in [0.25, 0.3) is 0 Å². The minimum atomic E-state index is -0.174. The fourth-order valence-electron chi connectivity index (χ4n) is 1.53. The molecule has 0 amide bonds. The highest BCUT2D eigenvalue weighted by atomic mass is 32.1. The fourth-order valence-corrected chi connectivity index (χ4v) is 2.19. The van der Waals surface area contributed by atoms with Gasteiger partial charge >= 0.3 is 0 Å². The standard InChI is InChI=1S/C9H13N5S/c1-3-14-7(4-5-11-14)8(10)9-6(2)12-13-15-9/h4-5,8H,3,10H2,1-2H3. The second-order valence-electron chi connectivity index (χ2n) is 3.27. The second-order valence-corrected chi connectivity index (χ2v) is 4.06. The summed E-state index contributed by atoms with van der Waals surface area (Å²) in [7, 11) is 0. The van der Waals surface area contributed by atoms with Crippen molar-refractivity contribution in [3.05, 3.63) is 28.5 Å². The number of hydrogen-bond donors (Lipinski definition) is 1. The molecule has 0 bridgehead atoms. The van der Waals surface area contributed by atoms with Crippen LogP contribution < -0.4 is 5.73 Å². The second kappa shape index (κ2) is 4.08. The van der Waals surface area contributed by atoms with Crippen LogP contribution in [-0.4, -0.2) is 19.4 Å². The molecule has 0 saturated carbocycles. The molecule has 1 atom stereocenters. The van der Waals surface area contributed by atoms with Gasteiger partial charge in [-0.1, -0.05) is 4.49 Å². The van der Waals surface area contributed by atoms with Gasteiger partial charge in [0.15, 0.2) is 0 Å². The Bertz CT molecular complexity index is 447. The van der Waals surface area contributed by atoms with Gasteiger partial charge in [-0.3, -0.25) is 4.68 Å². The molecule has 1 unspecified atom stereocenters. The lowest BCUT2D eigenvalue weighted by atomic mass is 10.1. The Kier molecular flexibility index (Phi) is 2.79. The Balaban J connectivity index is 2.36. The van der Waals surface area contributed by atoms with Crippen LogP contribution >= 0.6 is 11.5 Å². The third kappa shape index (κ3) is 1.78. The fraction of sp³-hybridized carbons (Fsp3) is 0.444. The summed E-state index contributed by atoms with van der Waals surface area (Å²) < 4.78 is 5.78. The SMILES string of the molecule is CCn1nccc1C(N)c1snnc1C. The first-order valence-electron chi connectivity index (χ1n) is 4.80. The van der Waals surface area contributed by atoms with Gasteiger partial charge in [0.25, 0.3) is 0 Å². The molecule has 2 aromatic rings. The molecule has 0 aliphatic heterocycles. The molecule has 0 saturated heterocycles. The summed E-state index contributed by atoms with van der Waals surface area (Å²) in [5.74, 6) is 0. The van der Waals surface area contributed by atoms with Crippen LogP contribution in [0.3, 0.4) is 0 Å². The largest absolute Gasteiger partial charge is 0.318 e. The minimum absolute atomic E-state index is 0.174. The van der Waals surface area contributed by atoms with E-state index in [9.17, 15) is 0 Å². The third-order valence-electron chi connectivity index (χ3n) is 2.34. The molecule has 2 aromatic heterocycles. The third-order valence-corrected chi connectivity index (χ3v) is 3.25. The topological polar surface area (TPSA) is 69.6 Å². The molecule has 0 aliphatic carbocycles. The number of nitrogens with zero attached hydrogens (tertiary/aromatic N) is 4. The molecule has 5 nitrogen and oxygen atoms in total. The van der Waals surface area contributed by atoms with Crippen molar-refractivity contribution >= 4 is 11.5 Å². The highest BCUT2D eigenvalue weighted by Crippen LogP contribution is 2.23. The molecule has 2 heterocycles. The van der Waals surface area contributed by atoms with E-state index in [0.717, 1.165) is 22.8 Å². The van der Waals surface area contributed by atoms with Crippen LogP contribution in [-0.2, 0) is 6.54 Å². The summed E-state index contributed by atoms with van der Waals surface area (Å²) in [6.45, 7) is 4.79. The summed E-state index contributed by atoms with van der Waals surface area (Å²) in [5.41, 5.74) is 8.06. The normalized spacial score (nSPS) is 13.0. The van der Waals surface area contributed by atoms with Crippen LogP contribution in [0.4, 0.5) is 0 Å². The van der Waals surface area contributed by atoms with Crippen molar-refractivity contribution < 1.29 is 0 Å². The number of rotatable bonds is 3. The predicted molar refractivity (Wildman–Crippen MR) is 58.6 cm³/mol. The van der Waals surface area contributed by atoms with Gasteiger partial charge in [-0.05, 0) is 31.4 Å². The number of aromatic nitrogens is 4. The van der Waals surface area contributed by atoms with E-state index in [2.05, 4.69) is 14.7 Å². The quantitative estimate of drug-likeness (QED) is 0.846. The average molecular weight is 223 g/mol. The van der Waals surface area contributed by atoms with E-state index in [1.807, 2.05) is 24.6 Å². The van der Waals surface area contributed by atoms with Crippen molar-refractivity contribution in [2.45, 2.75) is 26.4 Å². The van der Waals surface area contributed by atoms with E-state index in [4.69, 9.17) is 5.73 Å². The summed E-state index contributed by atoms with van der Waals surface area (Å²) in [6, 6.07) is 1.76. The zero-order valence-corrected chi connectivity index (χ0v) is 9.53. The van der Waals surface area contributed by atoms with Gasteiger partial charge in [-0.25, -0.2) is 0 Å². The molecule has 0 fully saturated rings. The van der Waals surface area contributed by atoms with E-state index in [1.165, 1.54) is 11.5 Å². The van der Waals surface area contributed by atoms with Crippen LogP contribution in [0.5, 0.6) is 0 Å². The van der Waals surface area contributed by atoms with Crippen LogP contribution in [0.1, 0.15) is 29.2 Å². The lowest BCUT2D eigenvalue weighted by molar-refractivity contribution is 0.602. The van der Waals surface area contributed by atoms with Crippen molar-refractivity contribution in [2.75, 3.05) is 0 Å². The summed E-state index contributed by atoms with van der Waals surface area (Å²) >= 11 is 1.35. The van der Waals surface area contributed by atoms with E-state index < -0.39 is 0 Å². The van der Waals surface area contributed by atoms with Crippen molar-refractivity contribution in [3.8, 4) is 0 Å². The smallest absolute Gasteiger partial charge is 0.0852 e. The van der Waals surface area contributed by atoms with Gasteiger partial charge in [0.2, 0.25) is 0 Å². The highest BCUT2D eigenvalue weighted by molar-refractivity contribution is 7.05. The Morgan fingerprint density at radius 3 is 3.00 bits per heavy atom. The van der Waals surface area contributed by atoms with E-state index in [1.54, 1.807) is 6.20 Å². The first-order chi connectivity index (χ1) is 7.24. The molecular weight excluding hydrogens is 210 g/mol. The maximum absolute atomic E-state index is 6.15. The summed E-state index contributed by atoms with van der Waals surface area (Å²) in [5, 5.41) is 8.16. The van der Waals surface area contributed by atoms with Crippen molar-refractivity contribution in [2.24, 2.45) is 5.73 Å². The van der Waals surface area contributed by atoms with Crippen LogP contribution in [0.15, 0.2) is 12.3 Å². The van der Waals surface area contributed by atoms with Gasteiger partial charge in [0.05, 0.1) is 22.3 Å². The number of hydrogen-bond acceptors (Lipinski definition) is 5. The minimum Gasteiger partial charge on any atom is -0.318 e. The molecule has 15 heavy (non-hydrogen) atoms. The molecule has 0 spiro atoms. The zero-order chi connectivity index (χ0) is 10.8. The lowest BCUT2D eigenvalue weighted by Crippen LogP contribution is -2.16. The average Bonchev–Trinajstić information content (AvgIpc) is 2.84. The zero-order valence-electron chi connectivity index (χ0n) is 8.71. The Labute approximate surface area is 92.1 Å². The maximum atomic E-state index is 6.15. The molecular formula is C9H13N5S. The van der Waals surface area contributed by atoms with Gasteiger partial charge < -0.3 is 5.73 Å². The molecule has 2 N–H and O–H groups in total. The molecule has 0 aliphatic rings. The predicted octanol–water partition coefficient (Wildman–Crippen LogP) is 1.11. The van der Waals surface area contributed by atoms with E-state index in [-0.39, 0.29) is 6.04 Å². The maximum Gasteiger partial charge on any atom is 0.0852 e. The van der Waals surface area contributed by atoms with Crippen LogP contribution in [0.2, 0.25) is 0 Å². The number of aryl methyl sites for hydroxylation is 2. The van der Waals surface area contributed by atoms with Crippen molar-refractivity contribution in [3.63, 3.8) is 0 Å². The van der Waals surface area contributed by atoms with Crippen LogP contribution in [0, 0.1) is 6.92 Å². The lowest BCUT2D eigenvalue weighted by Gasteiger charge is -2.11. The number of nitrogens with two attached hydrogens (primary N) is 1. The molecule has 0 aromatic carbocycles. The van der Waals surface area contributed by atoms with Gasteiger partial charge in [-0.2, -0.15) is 5.10 Å². The monoisotopic (exact) mass is 223 g/mol. The molecule has 80 valence electrons. The Morgan fingerprint density at radius 2 is 2.40 bits per heavy atom. The van der Waals surface area contributed by atoms with Crippen molar-refractivity contribution in [1.29, 1.82) is 0 Å². The van der Waals surface area contributed by atoms with Gasteiger partial charge in [0, 0.05) is 12.7 Å². The van der Waals surface area contributed by atoms with Gasteiger partial charge in [0.1, 0.15) is 0 Å². The highest BCUT2D eigenvalue weighted by Gasteiger charge is 2.18.